The molecule has 1 atom stereocenters. The molecule has 0 aliphatic carbocycles. The Morgan fingerprint density at radius 1 is 1.27 bits per heavy atom. The van der Waals surface area contributed by atoms with Crippen molar-refractivity contribution < 1.29 is 14.6 Å². The van der Waals surface area contributed by atoms with Gasteiger partial charge in [0.05, 0.1) is 18.6 Å². The van der Waals surface area contributed by atoms with E-state index in [0.29, 0.717) is 13.1 Å². The summed E-state index contributed by atoms with van der Waals surface area (Å²) >= 11 is 0. The lowest BCUT2D eigenvalue weighted by molar-refractivity contribution is -0.123. The van der Waals surface area contributed by atoms with E-state index in [4.69, 9.17) is 10.5 Å². The van der Waals surface area contributed by atoms with Crippen LogP contribution in [-0.4, -0.2) is 54.9 Å². The minimum absolute atomic E-state index is 0. The first kappa shape index (κ1) is 25.1. The van der Waals surface area contributed by atoms with Gasteiger partial charge in [0.1, 0.15) is 0 Å². The highest BCUT2D eigenvalue weighted by Crippen LogP contribution is 2.14. The Labute approximate surface area is 168 Å². The molecular formula is C18H31Cl2N3O3. The fourth-order valence-corrected chi connectivity index (χ4v) is 2.84. The van der Waals surface area contributed by atoms with Crippen LogP contribution in [0.25, 0.3) is 0 Å². The molecule has 26 heavy (non-hydrogen) atoms. The van der Waals surface area contributed by atoms with Gasteiger partial charge in [0, 0.05) is 39.8 Å². The number of hydrogen-bond acceptors (Lipinski definition) is 5. The number of piperidine rings is 1. The summed E-state index contributed by atoms with van der Waals surface area (Å²) in [6.07, 6.45) is 1.64. The first-order valence-electron chi connectivity index (χ1n) is 8.58. The lowest BCUT2D eigenvalue weighted by atomic mass is 10.1. The zero-order valence-electron chi connectivity index (χ0n) is 15.2. The molecule has 4 N–H and O–H groups in total. The number of nitrogens with one attached hydrogen (secondary N) is 1. The van der Waals surface area contributed by atoms with Crippen LogP contribution in [0.5, 0.6) is 0 Å². The van der Waals surface area contributed by atoms with Crippen LogP contribution < -0.4 is 11.1 Å². The summed E-state index contributed by atoms with van der Waals surface area (Å²) in [6, 6.07) is 8.30. The molecule has 1 unspecified atom stereocenters. The zero-order valence-corrected chi connectivity index (χ0v) is 16.9. The molecule has 0 radical (unpaired) electrons. The molecule has 1 fully saturated rings. The van der Waals surface area contributed by atoms with E-state index in [9.17, 15) is 9.90 Å². The molecule has 6 nitrogen and oxygen atoms in total. The number of halogens is 2. The number of hydrogen-bond donors (Lipinski definition) is 3. The van der Waals surface area contributed by atoms with E-state index in [-0.39, 0.29) is 49.4 Å². The highest BCUT2D eigenvalue weighted by molar-refractivity contribution is 5.85. The van der Waals surface area contributed by atoms with Crippen LogP contribution in [0.1, 0.15) is 30.4 Å². The van der Waals surface area contributed by atoms with Crippen molar-refractivity contribution >= 4 is 30.7 Å². The summed E-state index contributed by atoms with van der Waals surface area (Å²) < 4.78 is 5.11. The van der Waals surface area contributed by atoms with Crippen molar-refractivity contribution in [2.75, 3.05) is 26.7 Å². The topological polar surface area (TPSA) is 87.8 Å². The van der Waals surface area contributed by atoms with Crippen molar-refractivity contribution in [3.63, 3.8) is 0 Å². The SMILES string of the molecule is COC(CN)CC(=O)NCc1ccc(CN2CCC(O)CC2)cc1.Cl.Cl. The maximum Gasteiger partial charge on any atom is 0.222 e. The number of nitrogens with zero attached hydrogens (tertiary/aromatic N) is 1. The molecule has 1 aliphatic rings. The quantitative estimate of drug-likeness (QED) is 0.606. The Balaban J connectivity index is 0.00000312. The summed E-state index contributed by atoms with van der Waals surface area (Å²) in [4.78, 5) is 14.2. The normalized spacial score (nSPS) is 16.3. The van der Waals surface area contributed by atoms with Crippen LogP contribution in [-0.2, 0) is 22.6 Å². The maximum absolute atomic E-state index is 11.8. The summed E-state index contributed by atoms with van der Waals surface area (Å²) in [5.41, 5.74) is 7.84. The molecule has 150 valence electrons. The summed E-state index contributed by atoms with van der Waals surface area (Å²) in [7, 11) is 1.56. The van der Waals surface area contributed by atoms with Crippen LogP contribution >= 0.6 is 24.8 Å². The molecule has 1 amide bonds. The lowest BCUT2D eigenvalue weighted by Crippen LogP contribution is -2.35. The van der Waals surface area contributed by atoms with Gasteiger partial charge in [0.2, 0.25) is 5.91 Å². The first-order chi connectivity index (χ1) is 11.6. The number of aliphatic hydroxyl groups is 1. The van der Waals surface area contributed by atoms with Crippen LogP contribution in [0.4, 0.5) is 0 Å². The second-order valence-electron chi connectivity index (χ2n) is 6.40. The van der Waals surface area contributed by atoms with E-state index >= 15 is 0 Å². The average molecular weight is 408 g/mol. The molecule has 1 aromatic rings. The number of carbonyl (C=O) groups is 1. The predicted octanol–water partition coefficient (Wildman–Crippen LogP) is 1.47. The molecule has 2 rings (SSSR count). The second kappa shape index (κ2) is 13.3. The fourth-order valence-electron chi connectivity index (χ4n) is 2.84. The van der Waals surface area contributed by atoms with Gasteiger partial charge < -0.3 is 20.9 Å². The van der Waals surface area contributed by atoms with E-state index in [1.165, 1.54) is 5.56 Å². The Morgan fingerprint density at radius 3 is 2.38 bits per heavy atom. The van der Waals surface area contributed by atoms with Crippen LogP contribution in [0, 0.1) is 0 Å². The monoisotopic (exact) mass is 407 g/mol. The van der Waals surface area contributed by atoms with E-state index in [2.05, 4.69) is 22.3 Å². The maximum atomic E-state index is 11.8. The Bertz CT molecular complexity index is 505. The molecule has 1 aromatic carbocycles. The van der Waals surface area contributed by atoms with Gasteiger partial charge in [-0.3, -0.25) is 9.69 Å². The van der Waals surface area contributed by atoms with Crippen molar-refractivity contribution in [1.82, 2.24) is 10.2 Å². The third-order valence-corrected chi connectivity index (χ3v) is 4.49. The summed E-state index contributed by atoms with van der Waals surface area (Å²) in [5.74, 6) is -0.0525. The summed E-state index contributed by atoms with van der Waals surface area (Å²) in [5, 5.41) is 12.4. The predicted molar refractivity (Wildman–Crippen MR) is 108 cm³/mol. The van der Waals surface area contributed by atoms with Gasteiger partial charge in [0.15, 0.2) is 0 Å². The molecule has 0 saturated carbocycles. The smallest absolute Gasteiger partial charge is 0.222 e. The van der Waals surface area contributed by atoms with E-state index in [0.717, 1.165) is 38.0 Å². The van der Waals surface area contributed by atoms with Gasteiger partial charge in [-0.1, -0.05) is 24.3 Å². The number of rotatable bonds is 8. The molecule has 0 bridgehead atoms. The summed E-state index contributed by atoms with van der Waals surface area (Å²) in [6.45, 7) is 3.65. The van der Waals surface area contributed by atoms with E-state index in [1.807, 2.05) is 12.1 Å². The number of nitrogens with two attached hydrogens (primary N) is 1. The molecule has 1 saturated heterocycles. The average Bonchev–Trinajstić information content (AvgIpc) is 2.61. The minimum atomic E-state index is -0.226. The van der Waals surface area contributed by atoms with E-state index in [1.54, 1.807) is 7.11 Å². The van der Waals surface area contributed by atoms with Gasteiger partial charge in [-0.15, -0.1) is 24.8 Å². The van der Waals surface area contributed by atoms with Crippen LogP contribution in [0.15, 0.2) is 24.3 Å². The number of benzene rings is 1. The lowest BCUT2D eigenvalue weighted by Gasteiger charge is -2.29. The molecule has 1 aliphatic heterocycles. The molecule has 1 heterocycles. The van der Waals surface area contributed by atoms with Crippen LogP contribution in [0.3, 0.4) is 0 Å². The Morgan fingerprint density at radius 2 is 1.85 bits per heavy atom. The molecular weight excluding hydrogens is 377 g/mol. The van der Waals surface area contributed by atoms with Crippen molar-refractivity contribution in [1.29, 1.82) is 0 Å². The number of ether oxygens (including phenoxy) is 1. The molecule has 0 aromatic heterocycles. The fraction of sp³-hybridized carbons (Fsp3) is 0.611. The highest BCUT2D eigenvalue weighted by Gasteiger charge is 2.16. The third-order valence-electron chi connectivity index (χ3n) is 4.49. The largest absolute Gasteiger partial charge is 0.393 e. The Hall–Kier alpha value is -0.890. The van der Waals surface area contributed by atoms with Gasteiger partial charge >= 0.3 is 0 Å². The Kier molecular flexibility index (Phi) is 12.8. The number of amides is 1. The van der Waals surface area contributed by atoms with Crippen molar-refractivity contribution in [3.8, 4) is 0 Å². The number of carbonyl (C=O) groups excluding carboxylic acids is 1. The van der Waals surface area contributed by atoms with Gasteiger partial charge in [-0.05, 0) is 24.0 Å². The van der Waals surface area contributed by atoms with Crippen molar-refractivity contribution in [2.45, 2.75) is 44.6 Å². The van der Waals surface area contributed by atoms with Crippen LogP contribution in [0.2, 0.25) is 0 Å². The van der Waals surface area contributed by atoms with Crippen molar-refractivity contribution in [3.05, 3.63) is 35.4 Å². The number of aliphatic hydroxyl groups excluding tert-OH is 1. The molecule has 8 heteroatoms. The third kappa shape index (κ3) is 8.66. The number of methoxy groups -OCH3 is 1. The second-order valence-corrected chi connectivity index (χ2v) is 6.40. The molecule has 0 spiro atoms. The zero-order chi connectivity index (χ0) is 17.4. The first-order valence-corrected chi connectivity index (χ1v) is 8.58. The van der Waals surface area contributed by atoms with E-state index < -0.39 is 0 Å². The highest BCUT2D eigenvalue weighted by atomic mass is 35.5. The number of likely N-dealkylation sites (tertiary alicyclic amines) is 1. The van der Waals surface area contributed by atoms with Gasteiger partial charge in [-0.2, -0.15) is 0 Å². The standard InChI is InChI=1S/C18H29N3O3.2ClH/c1-24-17(11-19)10-18(23)20-12-14-2-4-15(5-3-14)13-21-8-6-16(22)7-9-21;;/h2-5,16-17,22H,6-13,19H2,1H3,(H,20,23);2*1H. The van der Waals surface area contributed by atoms with Gasteiger partial charge in [-0.25, -0.2) is 0 Å². The minimum Gasteiger partial charge on any atom is -0.393 e. The van der Waals surface area contributed by atoms with Gasteiger partial charge in [0.25, 0.3) is 0 Å². The van der Waals surface area contributed by atoms with Crippen molar-refractivity contribution in [2.24, 2.45) is 5.73 Å².